The fourth-order valence-corrected chi connectivity index (χ4v) is 2.74. The van der Waals surface area contributed by atoms with Gasteiger partial charge in [0.15, 0.2) is 0 Å². The molecule has 0 bridgehead atoms. The Balaban J connectivity index is 2.00. The molecule has 0 spiro atoms. The fraction of sp³-hybridized carbons (Fsp3) is 0.429. The molecule has 0 saturated carbocycles. The number of unbranched alkanes of at least 4 members (excludes halogenated alkanes) is 6. The van der Waals surface area contributed by atoms with Gasteiger partial charge in [-0.3, -0.25) is 0 Å². The summed E-state index contributed by atoms with van der Waals surface area (Å²) in [5, 5.41) is 11.9. The van der Waals surface area contributed by atoms with Crippen LogP contribution in [0, 0.1) is 11.8 Å². The van der Waals surface area contributed by atoms with E-state index in [-0.39, 0.29) is 6.61 Å². The number of rotatable bonds is 7. The minimum absolute atomic E-state index is 0.0475. The Kier molecular flexibility index (Phi) is 7.00. The minimum atomic E-state index is 0.0475. The van der Waals surface area contributed by atoms with Crippen molar-refractivity contribution in [3.8, 4) is 11.8 Å². The molecule has 1 nitrogen and oxygen atoms in total. The van der Waals surface area contributed by atoms with Crippen molar-refractivity contribution in [3.05, 3.63) is 47.5 Å². The summed E-state index contributed by atoms with van der Waals surface area (Å²) in [5.74, 6) is 6.60. The number of hydrogen-bond donors (Lipinski definition) is 1. The predicted octanol–water partition coefficient (Wildman–Crippen LogP) is 5.43. The normalized spacial score (nSPS) is 10.5. The van der Waals surface area contributed by atoms with Crippen molar-refractivity contribution in [2.45, 2.75) is 58.5 Å². The first-order chi connectivity index (χ1) is 10.9. The highest BCUT2D eigenvalue weighted by Crippen LogP contribution is 2.22. The number of benzene rings is 2. The first-order valence-corrected chi connectivity index (χ1v) is 8.47. The van der Waals surface area contributed by atoms with Gasteiger partial charge in [-0.25, -0.2) is 0 Å². The summed E-state index contributed by atoms with van der Waals surface area (Å²) < 4.78 is 0. The van der Waals surface area contributed by atoms with Crippen molar-refractivity contribution >= 4 is 10.8 Å². The van der Waals surface area contributed by atoms with Crippen LogP contribution in [0.25, 0.3) is 10.8 Å². The molecule has 2 aromatic carbocycles. The van der Waals surface area contributed by atoms with Gasteiger partial charge in [0.05, 0.1) is 6.61 Å². The van der Waals surface area contributed by atoms with Crippen LogP contribution in [0.1, 0.15) is 63.0 Å². The summed E-state index contributed by atoms with van der Waals surface area (Å²) in [6, 6.07) is 12.3. The van der Waals surface area contributed by atoms with Crippen LogP contribution in [0.5, 0.6) is 0 Å². The van der Waals surface area contributed by atoms with E-state index in [0.29, 0.717) is 0 Å². The maximum Gasteiger partial charge on any atom is 0.0694 e. The summed E-state index contributed by atoms with van der Waals surface area (Å²) >= 11 is 0. The average Bonchev–Trinajstić information content (AvgIpc) is 2.57. The average molecular weight is 294 g/mol. The van der Waals surface area contributed by atoms with Crippen LogP contribution in [0.15, 0.2) is 36.4 Å². The van der Waals surface area contributed by atoms with Crippen LogP contribution in [0.3, 0.4) is 0 Å². The lowest BCUT2D eigenvalue weighted by molar-refractivity contribution is 0.281. The van der Waals surface area contributed by atoms with Crippen LogP contribution in [-0.4, -0.2) is 5.11 Å². The fourth-order valence-electron chi connectivity index (χ4n) is 2.74. The number of aliphatic hydroxyl groups excluding tert-OH is 1. The van der Waals surface area contributed by atoms with Gasteiger partial charge in [-0.2, -0.15) is 0 Å². The highest BCUT2D eigenvalue weighted by atomic mass is 16.3. The topological polar surface area (TPSA) is 20.2 Å². The van der Waals surface area contributed by atoms with Gasteiger partial charge in [0.25, 0.3) is 0 Å². The molecular weight excluding hydrogens is 268 g/mol. The van der Waals surface area contributed by atoms with E-state index < -0.39 is 0 Å². The summed E-state index contributed by atoms with van der Waals surface area (Å²) in [4.78, 5) is 0. The van der Waals surface area contributed by atoms with E-state index >= 15 is 0 Å². The zero-order chi connectivity index (χ0) is 15.6. The second kappa shape index (κ2) is 9.28. The largest absolute Gasteiger partial charge is 0.392 e. The first-order valence-electron chi connectivity index (χ1n) is 8.47. The van der Waals surface area contributed by atoms with E-state index in [4.69, 9.17) is 0 Å². The maximum absolute atomic E-state index is 9.53. The molecule has 0 unspecified atom stereocenters. The van der Waals surface area contributed by atoms with E-state index in [1.54, 1.807) is 0 Å². The molecule has 0 radical (unpaired) electrons. The molecule has 22 heavy (non-hydrogen) atoms. The van der Waals surface area contributed by atoms with Gasteiger partial charge in [-0.05, 0) is 22.8 Å². The van der Waals surface area contributed by atoms with Crippen LogP contribution in [0.2, 0.25) is 0 Å². The van der Waals surface area contributed by atoms with E-state index in [0.717, 1.165) is 22.9 Å². The van der Waals surface area contributed by atoms with Gasteiger partial charge in [-0.15, -0.1) is 0 Å². The van der Waals surface area contributed by atoms with Crippen molar-refractivity contribution in [1.82, 2.24) is 0 Å². The van der Waals surface area contributed by atoms with Gasteiger partial charge in [0.2, 0.25) is 0 Å². The van der Waals surface area contributed by atoms with Gasteiger partial charge >= 0.3 is 0 Å². The smallest absolute Gasteiger partial charge is 0.0694 e. The van der Waals surface area contributed by atoms with Crippen LogP contribution in [0.4, 0.5) is 0 Å². The molecule has 0 heterocycles. The summed E-state index contributed by atoms with van der Waals surface area (Å²) in [6.45, 7) is 2.29. The SMILES string of the molecule is CCCCCCCCC#Cc1c(CO)ccc2ccccc12. The lowest BCUT2D eigenvalue weighted by atomic mass is 9.99. The van der Waals surface area contributed by atoms with Crippen molar-refractivity contribution in [3.63, 3.8) is 0 Å². The summed E-state index contributed by atoms with van der Waals surface area (Å²) in [7, 11) is 0. The van der Waals surface area contributed by atoms with Crippen molar-refractivity contribution in [1.29, 1.82) is 0 Å². The van der Waals surface area contributed by atoms with Gasteiger partial charge in [-0.1, -0.05) is 87.3 Å². The quantitative estimate of drug-likeness (QED) is 0.533. The lowest BCUT2D eigenvalue weighted by Crippen LogP contribution is -1.91. The minimum Gasteiger partial charge on any atom is -0.392 e. The molecule has 0 aliphatic heterocycles. The van der Waals surface area contributed by atoms with E-state index in [9.17, 15) is 5.11 Å². The Morgan fingerprint density at radius 2 is 1.68 bits per heavy atom. The molecule has 2 rings (SSSR count). The second-order valence-corrected chi connectivity index (χ2v) is 5.80. The Labute approximate surface area is 134 Å². The van der Waals surface area contributed by atoms with Gasteiger partial charge in [0.1, 0.15) is 0 Å². The zero-order valence-electron chi connectivity index (χ0n) is 13.6. The molecule has 2 aromatic rings. The molecule has 0 aromatic heterocycles. The Bertz CT molecular complexity index is 646. The second-order valence-electron chi connectivity index (χ2n) is 5.80. The zero-order valence-corrected chi connectivity index (χ0v) is 13.6. The van der Waals surface area contributed by atoms with Gasteiger partial charge in [0, 0.05) is 12.0 Å². The Morgan fingerprint density at radius 1 is 0.909 bits per heavy atom. The molecule has 0 aliphatic carbocycles. The van der Waals surface area contributed by atoms with E-state index in [1.165, 1.54) is 43.9 Å². The summed E-state index contributed by atoms with van der Waals surface area (Å²) in [6.07, 6.45) is 8.72. The third kappa shape index (κ3) is 4.61. The molecule has 1 heteroatoms. The molecule has 0 aliphatic rings. The number of aliphatic hydroxyl groups is 1. The monoisotopic (exact) mass is 294 g/mol. The first kappa shape index (κ1) is 16.6. The molecule has 0 saturated heterocycles. The number of fused-ring (bicyclic) bond motifs is 1. The molecular formula is C21H26O. The van der Waals surface area contributed by atoms with Crippen LogP contribution < -0.4 is 0 Å². The highest BCUT2D eigenvalue weighted by molar-refractivity contribution is 5.89. The molecule has 1 N–H and O–H groups in total. The molecule has 0 fully saturated rings. The third-order valence-corrected chi connectivity index (χ3v) is 4.05. The van der Waals surface area contributed by atoms with Crippen LogP contribution >= 0.6 is 0 Å². The maximum atomic E-state index is 9.53. The highest BCUT2D eigenvalue weighted by Gasteiger charge is 2.04. The van der Waals surface area contributed by atoms with Gasteiger partial charge < -0.3 is 5.11 Å². The lowest BCUT2D eigenvalue weighted by Gasteiger charge is -2.06. The Morgan fingerprint density at radius 3 is 2.50 bits per heavy atom. The molecule has 116 valence electrons. The van der Waals surface area contributed by atoms with E-state index in [1.807, 2.05) is 18.2 Å². The van der Waals surface area contributed by atoms with Crippen molar-refractivity contribution in [2.24, 2.45) is 0 Å². The predicted molar refractivity (Wildman–Crippen MR) is 94.7 cm³/mol. The molecule has 0 amide bonds. The van der Waals surface area contributed by atoms with Crippen LogP contribution in [-0.2, 0) is 6.61 Å². The summed E-state index contributed by atoms with van der Waals surface area (Å²) in [5.41, 5.74) is 1.92. The standard InChI is InChI=1S/C21H26O/c1-2-3-4-5-6-7-8-9-13-21-19(17-22)16-15-18-12-10-11-14-20(18)21/h10-12,14-16,22H,2-8,17H2,1H3. The third-order valence-electron chi connectivity index (χ3n) is 4.05. The molecule has 0 atom stereocenters. The Hall–Kier alpha value is -1.78. The van der Waals surface area contributed by atoms with Crippen molar-refractivity contribution in [2.75, 3.05) is 0 Å². The number of hydrogen-bond acceptors (Lipinski definition) is 1. The van der Waals surface area contributed by atoms with Crippen molar-refractivity contribution < 1.29 is 5.11 Å². The van der Waals surface area contributed by atoms with E-state index in [2.05, 4.69) is 37.0 Å².